The minimum atomic E-state index is 0.843. The number of hydrogen-bond donors (Lipinski definition) is 0. The van der Waals surface area contributed by atoms with Crippen LogP contribution in [0.4, 0.5) is 0 Å². The maximum Gasteiger partial charge on any atom is 0.222 e. The molecule has 0 aliphatic rings. The lowest BCUT2D eigenvalue weighted by Crippen LogP contribution is -2.02. The summed E-state index contributed by atoms with van der Waals surface area (Å²) >= 11 is 1.73. The highest BCUT2D eigenvalue weighted by Crippen LogP contribution is 2.37. The summed E-state index contributed by atoms with van der Waals surface area (Å²) < 4.78 is 6.58. The fraction of sp³-hybridized carbons (Fsp3) is 0. The molecular formula is C30H19N5S. The van der Waals surface area contributed by atoms with Crippen LogP contribution < -0.4 is 0 Å². The van der Waals surface area contributed by atoms with Crippen molar-refractivity contribution in [3.05, 3.63) is 115 Å². The van der Waals surface area contributed by atoms with Crippen LogP contribution in [0.2, 0.25) is 0 Å². The molecule has 8 rings (SSSR count). The number of pyridine rings is 1. The Bertz CT molecular complexity index is 2060. The lowest BCUT2D eigenvalue weighted by molar-refractivity contribution is 0.981. The molecule has 5 aromatic heterocycles. The van der Waals surface area contributed by atoms with Gasteiger partial charge in [-0.05, 0) is 47.3 Å². The van der Waals surface area contributed by atoms with Crippen LogP contribution in [0.5, 0.6) is 0 Å². The molecule has 0 saturated heterocycles. The normalized spacial score (nSPS) is 11.9. The lowest BCUT2D eigenvalue weighted by Gasteiger charge is -2.09. The van der Waals surface area contributed by atoms with Crippen molar-refractivity contribution in [2.24, 2.45) is 0 Å². The highest BCUT2D eigenvalue weighted by molar-refractivity contribution is 7.17. The van der Waals surface area contributed by atoms with Crippen LogP contribution in [-0.2, 0) is 0 Å². The van der Waals surface area contributed by atoms with E-state index < -0.39 is 0 Å². The van der Waals surface area contributed by atoms with Crippen LogP contribution >= 0.6 is 11.3 Å². The van der Waals surface area contributed by atoms with E-state index in [0.717, 1.165) is 49.9 Å². The maximum atomic E-state index is 5.20. The topological polar surface area (TPSA) is 40.0 Å². The summed E-state index contributed by atoms with van der Waals surface area (Å²) in [5.74, 6) is 2.59. The van der Waals surface area contributed by atoms with Gasteiger partial charge in [-0.1, -0.05) is 66.7 Å². The smallest absolute Gasteiger partial charge is 0.222 e. The van der Waals surface area contributed by atoms with E-state index in [1.807, 2.05) is 6.07 Å². The molecule has 0 radical (unpaired) electrons. The second kappa shape index (κ2) is 7.41. The molecule has 3 aromatic carbocycles. The highest BCUT2D eigenvalue weighted by atomic mass is 32.1. The average Bonchev–Trinajstić information content (AvgIpc) is 3.68. The molecular weight excluding hydrogens is 462 g/mol. The molecule has 0 aliphatic carbocycles. The molecule has 0 atom stereocenters. The van der Waals surface area contributed by atoms with Crippen molar-refractivity contribution < 1.29 is 0 Å². The van der Waals surface area contributed by atoms with Crippen molar-refractivity contribution >= 4 is 49.4 Å². The first kappa shape index (κ1) is 19.6. The summed E-state index contributed by atoms with van der Waals surface area (Å²) in [5.41, 5.74) is 6.70. The van der Waals surface area contributed by atoms with Gasteiger partial charge in [0.05, 0.1) is 16.6 Å². The molecule has 0 spiro atoms. The number of rotatable bonds is 3. The zero-order valence-electron chi connectivity index (χ0n) is 19.1. The van der Waals surface area contributed by atoms with Crippen molar-refractivity contribution in [2.75, 3.05) is 0 Å². The number of aromatic nitrogens is 5. The Hall–Kier alpha value is -4.68. The molecule has 0 unspecified atom stereocenters. The Morgan fingerprint density at radius 3 is 2.25 bits per heavy atom. The third-order valence-corrected chi connectivity index (χ3v) is 7.76. The number of hydrogen-bond acceptors (Lipinski definition) is 3. The number of thiophene rings is 1. The molecule has 0 N–H and O–H groups in total. The minimum Gasteiger partial charge on any atom is -0.301 e. The van der Waals surface area contributed by atoms with Crippen LogP contribution in [0, 0.1) is 0 Å². The Labute approximate surface area is 210 Å². The van der Waals surface area contributed by atoms with Gasteiger partial charge in [0, 0.05) is 17.1 Å². The molecule has 0 aliphatic heterocycles. The second-order valence-electron chi connectivity index (χ2n) is 8.84. The van der Waals surface area contributed by atoms with Gasteiger partial charge in [-0.3, -0.25) is 8.97 Å². The molecule has 170 valence electrons. The maximum absolute atomic E-state index is 5.20. The van der Waals surface area contributed by atoms with Crippen molar-refractivity contribution in [1.82, 2.24) is 23.5 Å². The predicted molar refractivity (Wildman–Crippen MR) is 147 cm³/mol. The van der Waals surface area contributed by atoms with Gasteiger partial charge in [0.15, 0.2) is 0 Å². The van der Waals surface area contributed by atoms with Crippen LogP contribution in [0.3, 0.4) is 0 Å². The molecule has 0 fully saturated rings. The second-order valence-corrected chi connectivity index (χ2v) is 9.70. The minimum absolute atomic E-state index is 0.843. The Kier molecular flexibility index (Phi) is 4.03. The molecule has 6 heteroatoms. The number of para-hydroxylation sites is 3. The van der Waals surface area contributed by atoms with Crippen molar-refractivity contribution in [3.63, 3.8) is 0 Å². The van der Waals surface area contributed by atoms with E-state index in [0.29, 0.717) is 0 Å². The van der Waals surface area contributed by atoms with Gasteiger partial charge < -0.3 is 4.57 Å². The Balaban J connectivity index is 1.40. The molecule has 0 amide bonds. The van der Waals surface area contributed by atoms with Crippen LogP contribution in [0.1, 0.15) is 0 Å². The van der Waals surface area contributed by atoms with Crippen LogP contribution in [-0.4, -0.2) is 23.5 Å². The van der Waals surface area contributed by atoms with Gasteiger partial charge in [0.1, 0.15) is 22.0 Å². The van der Waals surface area contributed by atoms with Gasteiger partial charge in [-0.25, -0.2) is 9.97 Å². The number of nitrogens with zero attached hydrogens (tertiary/aromatic N) is 5. The Morgan fingerprint density at radius 2 is 1.36 bits per heavy atom. The first-order valence-electron chi connectivity index (χ1n) is 11.9. The van der Waals surface area contributed by atoms with Gasteiger partial charge in [0.25, 0.3) is 0 Å². The molecule has 36 heavy (non-hydrogen) atoms. The van der Waals surface area contributed by atoms with E-state index in [1.54, 1.807) is 11.3 Å². The zero-order chi connectivity index (χ0) is 23.6. The van der Waals surface area contributed by atoms with Crippen molar-refractivity contribution in [2.45, 2.75) is 0 Å². The summed E-state index contributed by atoms with van der Waals surface area (Å²) in [6, 6.07) is 35.6. The molecule has 5 heterocycles. The quantitative estimate of drug-likeness (QED) is 0.262. The summed E-state index contributed by atoms with van der Waals surface area (Å²) in [6.07, 6.45) is 2.08. The predicted octanol–water partition coefficient (Wildman–Crippen LogP) is 7.50. The van der Waals surface area contributed by atoms with Crippen LogP contribution in [0.15, 0.2) is 115 Å². The SMILES string of the molecule is c1ccc(-c2csc3c2nc2n(-c4cccc(-n5ccc6ccccc65)n4)c4ccccc4n32)cc1. The zero-order valence-corrected chi connectivity index (χ0v) is 19.9. The van der Waals surface area contributed by atoms with E-state index >= 15 is 0 Å². The third kappa shape index (κ3) is 2.70. The first-order chi connectivity index (χ1) is 17.9. The van der Waals surface area contributed by atoms with Gasteiger partial charge in [-0.2, -0.15) is 0 Å². The van der Waals surface area contributed by atoms with E-state index in [2.05, 4.69) is 122 Å². The first-order valence-corrected chi connectivity index (χ1v) is 12.7. The van der Waals surface area contributed by atoms with Gasteiger partial charge in [-0.15, -0.1) is 11.3 Å². The molecule has 8 aromatic rings. The third-order valence-electron chi connectivity index (χ3n) is 6.80. The van der Waals surface area contributed by atoms with Gasteiger partial charge >= 0.3 is 0 Å². The largest absolute Gasteiger partial charge is 0.301 e. The number of fused-ring (bicyclic) bond motifs is 6. The van der Waals surface area contributed by atoms with Crippen molar-refractivity contribution in [3.8, 4) is 22.8 Å². The fourth-order valence-corrected chi connectivity index (χ4v) is 6.20. The number of benzene rings is 3. The summed E-state index contributed by atoms with van der Waals surface area (Å²) in [6.45, 7) is 0. The Morgan fingerprint density at radius 1 is 0.611 bits per heavy atom. The van der Waals surface area contributed by atoms with Crippen LogP contribution in [0.25, 0.3) is 60.8 Å². The van der Waals surface area contributed by atoms with E-state index in [4.69, 9.17) is 9.97 Å². The van der Waals surface area contributed by atoms with Gasteiger partial charge in [0.2, 0.25) is 5.78 Å². The molecule has 0 saturated carbocycles. The molecule has 0 bridgehead atoms. The summed E-state index contributed by atoms with van der Waals surface area (Å²) in [5, 5.41) is 3.40. The summed E-state index contributed by atoms with van der Waals surface area (Å²) in [4.78, 5) is 11.5. The standard InChI is InChI=1S/C30H19N5S/c1-2-9-20(10-3-1)22-19-36-29-28(22)32-30-34(24-13-6-7-14-25(24)35(29)30)27-16-8-15-26(31-27)33-18-17-21-11-4-5-12-23(21)33/h1-19H. The van der Waals surface area contributed by atoms with E-state index in [9.17, 15) is 0 Å². The highest BCUT2D eigenvalue weighted by Gasteiger charge is 2.21. The summed E-state index contributed by atoms with van der Waals surface area (Å²) in [7, 11) is 0. The van der Waals surface area contributed by atoms with Crippen molar-refractivity contribution in [1.29, 1.82) is 0 Å². The average molecular weight is 482 g/mol. The van der Waals surface area contributed by atoms with E-state index in [-0.39, 0.29) is 0 Å². The number of imidazole rings is 2. The molecule has 5 nitrogen and oxygen atoms in total. The fourth-order valence-electron chi connectivity index (χ4n) is 5.17. The van der Waals surface area contributed by atoms with E-state index in [1.165, 1.54) is 10.9 Å². The monoisotopic (exact) mass is 481 g/mol. The lowest BCUT2D eigenvalue weighted by atomic mass is 10.1.